The van der Waals surface area contributed by atoms with Crippen LogP contribution < -0.4 is 28.4 Å². The normalized spacial score (nSPS) is 16.9. The summed E-state index contributed by atoms with van der Waals surface area (Å²) in [7, 11) is 0. The van der Waals surface area contributed by atoms with Crippen molar-refractivity contribution in [2.45, 2.75) is 25.7 Å². The molecule has 354 valence electrons. The van der Waals surface area contributed by atoms with Gasteiger partial charge in [0.2, 0.25) is 0 Å². The molecule has 0 N–H and O–H groups in total. The van der Waals surface area contributed by atoms with Gasteiger partial charge in [-0.3, -0.25) is 0 Å². The summed E-state index contributed by atoms with van der Waals surface area (Å²) >= 11 is 0. The van der Waals surface area contributed by atoms with Crippen LogP contribution in [0.4, 0.5) is 0 Å². The molecule has 6 aromatic carbocycles. The minimum absolute atomic E-state index is 0.205. The molecule has 0 atom stereocenters. The molecular formula is C56H58O12. The van der Waals surface area contributed by atoms with Crippen LogP contribution in [0.15, 0.2) is 121 Å². The molecule has 68 heavy (non-hydrogen) atoms. The first kappa shape index (κ1) is 46.7. The summed E-state index contributed by atoms with van der Waals surface area (Å²) < 4.78 is 50.8. The third-order valence-electron chi connectivity index (χ3n) is 11.6. The van der Waals surface area contributed by atoms with E-state index in [1.54, 1.807) is 0 Å². The fraction of sp³-hybridized carbons (Fsp3) is 0.321. The lowest BCUT2D eigenvalue weighted by Gasteiger charge is -2.23. The van der Waals surface area contributed by atoms with Crippen molar-refractivity contribution in [2.75, 3.05) is 92.5 Å². The van der Waals surface area contributed by atoms with Gasteiger partial charge in [0.05, 0.1) is 26.4 Å². The standard InChI is InChI=1S/C56H58O12/c1-5-43-37-47-9-3-11-49-39-45-7-2-8-46-40-50-12-4-10-48(56(50)64-32-36-68-66-34-26-58-24-23-57-25-33-65-67-35-31-63-55(47)49)38-44(6-1)53(43)61-29-27-59-51-19-15-41(16-20-51)13-14-42-17-21-52(22-18-42)60-28-30-62-54(45)46/h1-22H,23-40H2. The molecule has 0 aromatic heterocycles. The highest BCUT2D eigenvalue weighted by Crippen LogP contribution is 2.39. The molecule has 0 amide bonds. The minimum atomic E-state index is 0.205. The lowest BCUT2D eigenvalue weighted by atomic mass is 9.91. The van der Waals surface area contributed by atoms with Crippen molar-refractivity contribution in [3.05, 3.63) is 177 Å². The Balaban J connectivity index is 1.14. The number of ether oxygens (including phenoxy) is 8. The van der Waals surface area contributed by atoms with E-state index >= 15 is 0 Å². The molecule has 1 aliphatic carbocycles. The van der Waals surface area contributed by atoms with Gasteiger partial charge in [0.1, 0.15) is 101 Å². The lowest BCUT2D eigenvalue weighted by molar-refractivity contribution is -0.303. The fourth-order valence-corrected chi connectivity index (χ4v) is 8.48. The minimum Gasteiger partial charge on any atom is -0.490 e. The molecule has 0 unspecified atom stereocenters. The highest BCUT2D eigenvalue weighted by atomic mass is 17.2. The molecule has 12 nitrogen and oxygen atoms in total. The largest absolute Gasteiger partial charge is 0.490 e. The van der Waals surface area contributed by atoms with Crippen molar-refractivity contribution in [2.24, 2.45) is 0 Å². The van der Waals surface area contributed by atoms with Crippen LogP contribution in [0.25, 0.3) is 12.2 Å². The van der Waals surface area contributed by atoms with Gasteiger partial charge in [-0.25, -0.2) is 19.6 Å². The Labute approximate surface area is 398 Å². The molecule has 6 aromatic rings. The molecule has 8 aliphatic rings. The van der Waals surface area contributed by atoms with Gasteiger partial charge in [-0.2, -0.15) is 0 Å². The molecule has 16 bridgehead atoms. The van der Waals surface area contributed by atoms with Gasteiger partial charge in [0.15, 0.2) is 0 Å². The second kappa shape index (κ2) is 24.6. The maximum atomic E-state index is 6.82. The zero-order valence-electron chi connectivity index (χ0n) is 38.3. The maximum absolute atomic E-state index is 6.82. The van der Waals surface area contributed by atoms with Crippen molar-refractivity contribution in [1.29, 1.82) is 0 Å². The van der Waals surface area contributed by atoms with Gasteiger partial charge in [-0.05, 0) is 79.9 Å². The van der Waals surface area contributed by atoms with Crippen LogP contribution in [0.2, 0.25) is 0 Å². The molecule has 0 spiro atoms. The van der Waals surface area contributed by atoms with E-state index in [0.717, 1.165) is 90.1 Å². The van der Waals surface area contributed by atoms with E-state index in [4.69, 9.17) is 57.4 Å². The van der Waals surface area contributed by atoms with Crippen molar-refractivity contribution in [3.63, 3.8) is 0 Å². The Morgan fingerprint density at radius 2 is 0.485 bits per heavy atom. The molecule has 0 radical (unpaired) electrons. The Morgan fingerprint density at radius 3 is 0.794 bits per heavy atom. The monoisotopic (exact) mass is 922 g/mol. The first-order chi connectivity index (χ1) is 33.7. The van der Waals surface area contributed by atoms with Crippen LogP contribution in [0.3, 0.4) is 0 Å². The summed E-state index contributed by atoms with van der Waals surface area (Å²) in [5.74, 6) is 4.65. The third kappa shape index (κ3) is 13.0. The summed E-state index contributed by atoms with van der Waals surface area (Å²) in [5.41, 5.74) is 10.2. The van der Waals surface area contributed by atoms with Gasteiger partial charge in [-0.15, -0.1) is 0 Å². The van der Waals surface area contributed by atoms with Crippen molar-refractivity contribution in [1.82, 2.24) is 0 Å². The zero-order valence-corrected chi connectivity index (χ0v) is 38.3. The molecule has 14 rings (SSSR count). The number of rotatable bonds is 0. The number of benzene rings is 6. The molecule has 7 aliphatic heterocycles. The average Bonchev–Trinajstić information content (AvgIpc) is 3.35. The van der Waals surface area contributed by atoms with Crippen LogP contribution in [0.5, 0.6) is 34.5 Å². The highest BCUT2D eigenvalue weighted by Gasteiger charge is 2.22. The molecular weight excluding hydrogens is 865 g/mol. The van der Waals surface area contributed by atoms with E-state index in [-0.39, 0.29) is 39.6 Å². The number of para-hydroxylation sites is 4. The number of hydrogen-bond acceptors (Lipinski definition) is 12. The zero-order chi connectivity index (χ0) is 46.0. The molecule has 0 saturated heterocycles. The van der Waals surface area contributed by atoms with Crippen LogP contribution in [0.1, 0.15) is 55.6 Å². The quantitative estimate of drug-likeness (QED) is 0.135. The van der Waals surface area contributed by atoms with Gasteiger partial charge < -0.3 is 37.9 Å². The lowest BCUT2D eigenvalue weighted by Crippen LogP contribution is -2.14. The Morgan fingerprint density at radius 1 is 0.235 bits per heavy atom. The topological polar surface area (TPSA) is 111 Å². The van der Waals surface area contributed by atoms with Crippen molar-refractivity contribution >= 4 is 12.2 Å². The maximum Gasteiger partial charge on any atom is 0.126 e. The second-order valence-corrected chi connectivity index (χ2v) is 16.4. The fourth-order valence-electron chi connectivity index (χ4n) is 8.48. The predicted octanol–water partition coefficient (Wildman–Crippen LogP) is 9.46. The Kier molecular flexibility index (Phi) is 16.9. The van der Waals surface area contributed by atoms with Gasteiger partial charge in [0, 0.05) is 25.7 Å². The first-order valence-electron chi connectivity index (χ1n) is 23.5. The van der Waals surface area contributed by atoms with E-state index in [2.05, 4.69) is 84.9 Å². The molecule has 7 heterocycles. The highest BCUT2D eigenvalue weighted by molar-refractivity contribution is 5.70. The smallest absolute Gasteiger partial charge is 0.126 e. The number of hydrogen-bond donors (Lipinski definition) is 0. The predicted molar refractivity (Wildman–Crippen MR) is 257 cm³/mol. The van der Waals surface area contributed by atoms with E-state index in [0.29, 0.717) is 78.5 Å². The van der Waals surface area contributed by atoms with E-state index in [1.165, 1.54) is 0 Å². The summed E-state index contributed by atoms with van der Waals surface area (Å²) in [4.78, 5) is 22.0. The first-order valence-corrected chi connectivity index (χ1v) is 23.5. The van der Waals surface area contributed by atoms with Crippen LogP contribution in [-0.4, -0.2) is 92.5 Å². The second-order valence-electron chi connectivity index (χ2n) is 16.4. The van der Waals surface area contributed by atoms with Gasteiger partial charge >= 0.3 is 0 Å². The van der Waals surface area contributed by atoms with Crippen LogP contribution >= 0.6 is 0 Å². The van der Waals surface area contributed by atoms with Gasteiger partial charge in [0.25, 0.3) is 0 Å². The SMILES string of the molecule is C1=Cc2ccc(cc2)OCCOc2c3cccc2Cc2cccc4c2OCCOOCCOCCOCCOOCCOc2c(cccc2C3)Cc2cccc(c2OCCOc2ccc1cc2)C4. The molecule has 0 fully saturated rings. The summed E-state index contributed by atoms with van der Waals surface area (Å²) in [6.07, 6.45) is 6.29. The molecule has 0 saturated carbocycles. The summed E-state index contributed by atoms with van der Waals surface area (Å²) in [6, 6.07) is 41.5. The Bertz CT molecular complexity index is 2290. The van der Waals surface area contributed by atoms with E-state index in [1.807, 2.05) is 48.5 Å². The van der Waals surface area contributed by atoms with Crippen molar-refractivity contribution < 1.29 is 57.4 Å². The average molecular weight is 923 g/mol. The Hall–Kier alpha value is -6.38. The van der Waals surface area contributed by atoms with Crippen LogP contribution in [-0.2, 0) is 54.7 Å². The third-order valence-corrected chi connectivity index (χ3v) is 11.6. The van der Waals surface area contributed by atoms with Gasteiger partial charge in [-0.1, -0.05) is 109 Å². The summed E-state index contributed by atoms with van der Waals surface area (Å²) in [5, 5.41) is 0. The van der Waals surface area contributed by atoms with E-state index < -0.39 is 0 Å². The van der Waals surface area contributed by atoms with E-state index in [9.17, 15) is 0 Å². The van der Waals surface area contributed by atoms with Crippen LogP contribution in [0, 0.1) is 0 Å². The molecule has 12 heteroatoms. The summed E-state index contributed by atoms with van der Waals surface area (Å²) in [6.45, 7) is 4.29. The van der Waals surface area contributed by atoms with Crippen molar-refractivity contribution in [3.8, 4) is 34.5 Å².